The van der Waals surface area contributed by atoms with Crippen LogP contribution in [-0.2, 0) is 16.8 Å². The summed E-state index contributed by atoms with van der Waals surface area (Å²) in [5, 5.41) is 6.59. The van der Waals surface area contributed by atoms with Crippen LogP contribution in [0.4, 0.5) is 5.69 Å². The lowest BCUT2D eigenvalue weighted by Crippen LogP contribution is -2.43. The van der Waals surface area contributed by atoms with Crippen molar-refractivity contribution >= 4 is 11.6 Å². The third-order valence-corrected chi connectivity index (χ3v) is 3.73. The smallest absolute Gasteiger partial charge is 0.223 e. The number of anilines is 1. The Bertz CT molecular complexity index is 478. The number of hydrogen-bond donors (Lipinski definition) is 2. The zero-order chi connectivity index (χ0) is 14.0. The van der Waals surface area contributed by atoms with Crippen molar-refractivity contribution in [2.45, 2.75) is 46.1 Å². The minimum atomic E-state index is -0.328. The van der Waals surface area contributed by atoms with Gasteiger partial charge in [0.2, 0.25) is 5.91 Å². The molecule has 3 nitrogen and oxygen atoms in total. The molecule has 1 aromatic rings. The summed E-state index contributed by atoms with van der Waals surface area (Å²) in [6.45, 7) is 9.05. The molecule has 0 saturated carbocycles. The first kappa shape index (κ1) is 13.9. The van der Waals surface area contributed by atoms with Crippen LogP contribution < -0.4 is 10.6 Å². The third kappa shape index (κ3) is 2.91. The van der Waals surface area contributed by atoms with Crippen molar-refractivity contribution in [2.75, 3.05) is 11.9 Å². The lowest BCUT2D eigenvalue weighted by Gasteiger charge is -2.32. The van der Waals surface area contributed by atoms with E-state index in [9.17, 15) is 4.79 Å². The molecule has 0 radical (unpaired) electrons. The number of fused-ring (bicyclic) bond motifs is 1. The Hall–Kier alpha value is -1.51. The Kier molecular flexibility index (Phi) is 3.83. The molecular weight excluding hydrogens is 236 g/mol. The second-order valence-electron chi connectivity index (χ2n) is 6.13. The monoisotopic (exact) mass is 260 g/mol. The van der Waals surface area contributed by atoms with Gasteiger partial charge in [-0.3, -0.25) is 4.79 Å². The SMILES string of the molecule is CC(C)C(=O)NC(C)(C)c1cccc2c1CCCN2. The van der Waals surface area contributed by atoms with Gasteiger partial charge in [0, 0.05) is 18.2 Å². The van der Waals surface area contributed by atoms with Gasteiger partial charge in [0.1, 0.15) is 0 Å². The van der Waals surface area contributed by atoms with Gasteiger partial charge in [-0.1, -0.05) is 26.0 Å². The van der Waals surface area contributed by atoms with Crippen molar-refractivity contribution in [1.29, 1.82) is 0 Å². The van der Waals surface area contributed by atoms with Crippen LogP contribution in [0.15, 0.2) is 18.2 Å². The highest BCUT2D eigenvalue weighted by Crippen LogP contribution is 2.32. The highest BCUT2D eigenvalue weighted by molar-refractivity contribution is 5.79. The predicted octanol–water partition coefficient (Wildman–Crippen LogP) is 3.05. The number of amides is 1. The topological polar surface area (TPSA) is 41.1 Å². The average Bonchev–Trinajstić information content (AvgIpc) is 2.37. The number of carbonyl (C=O) groups excluding carboxylic acids is 1. The third-order valence-electron chi connectivity index (χ3n) is 3.73. The summed E-state index contributed by atoms with van der Waals surface area (Å²) in [4.78, 5) is 12.0. The maximum absolute atomic E-state index is 12.0. The number of benzene rings is 1. The van der Waals surface area contributed by atoms with Gasteiger partial charge in [-0.25, -0.2) is 0 Å². The largest absolute Gasteiger partial charge is 0.385 e. The fourth-order valence-corrected chi connectivity index (χ4v) is 2.62. The lowest BCUT2D eigenvalue weighted by molar-refractivity contribution is -0.125. The van der Waals surface area contributed by atoms with E-state index in [1.54, 1.807) is 0 Å². The quantitative estimate of drug-likeness (QED) is 0.877. The van der Waals surface area contributed by atoms with Gasteiger partial charge >= 0.3 is 0 Å². The van der Waals surface area contributed by atoms with E-state index in [4.69, 9.17) is 0 Å². The molecule has 0 aliphatic carbocycles. The predicted molar refractivity (Wildman–Crippen MR) is 79.3 cm³/mol. The standard InChI is InChI=1S/C16H24N2O/c1-11(2)15(19)18-16(3,4)13-8-5-9-14-12(13)7-6-10-17-14/h5,8-9,11,17H,6-7,10H2,1-4H3,(H,18,19). The molecule has 0 unspecified atom stereocenters. The van der Waals surface area contributed by atoms with Crippen LogP contribution in [0.25, 0.3) is 0 Å². The molecule has 104 valence electrons. The molecule has 0 spiro atoms. The van der Waals surface area contributed by atoms with Crippen LogP contribution in [0.5, 0.6) is 0 Å². The van der Waals surface area contributed by atoms with E-state index in [0.29, 0.717) is 0 Å². The molecule has 1 aromatic carbocycles. The van der Waals surface area contributed by atoms with Gasteiger partial charge in [-0.05, 0) is 43.9 Å². The van der Waals surface area contributed by atoms with Crippen LogP contribution >= 0.6 is 0 Å². The normalized spacial score (nSPS) is 14.8. The van der Waals surface area contributed by atoms with E-state index < -0.39 is 0 Å². The summed E-state index contributed by atoms with van der Waals surface area (Å²) in [6.07, 6.45) is 2.23. The number of hydrogen-bond acceptors (Lipinski definition) is 2. The summed E-state index contributed by atoms with van der Waals surface area (Å²) in [7, 11) is 0. The van der Waals surface area contributed by atoms with E-state index in [0.717, 1.165) is 19.4 Å². The van der Waals surface area contributed by atoms with Gasteiger partial charge in [-0.2, -0.15) is 0 Å². The first-order valence-corrected chi connectivity index (χ1v) is 7.10. The summed E-state index contributed by atoms with van der Waals surface area (Å²) < 4.78 is 0. The van der Waals surface area contributed by atoms with Crippen LogP contribution in [0.2, 0.25) is 0 Å². The molecule has 1 heterocycles. The molecule has 19 heavy (non-hydrogen) atoms. The summed E-state index contributed by atoms with van der Waals surface area (Å²) in [6, 6.07) is 6.32. The molecule has 0 bridgehead atoms. The van der Waals surface area contributed by atoms with Crippen molar-refractivity contribution in [3.63, 3.8) is 0 Å². The average molecular weight is 260 g/mol. The first-order valence-electron chi connectivity index (χ1n) is 7.10. The highest BCUT2D eigenvalue weighted by Gasteiger charge is 2.28. The Morgan fingerprint density at radius 3 is 2.79 bits per heavy atom. The van der Waals surface area contributed by atoms with E-state index >= 15 is 0 Å². The number of rotatable bonds is 3. The summed E-state index contributed by atoms with van der Waals surface area (Å²) in [5.41, 5.74) is 3.47. The second kappa shape index (κ2) is 5.24. The van der Waals surface area contributed by atoms with Gasteiger partial charge in [0.15, 0.2) is 0 Å². The Morgan fingerprint density at radius 1 is 1.37 bits per heavy atom. The van der Waals surface area contributed by atoms with Gasteiger partial charge < -0.3 is 10.6 Å². The van der Waals surface area contributed by atoms with Gasteiger partial charge in [0.05, 0.1) is 5.54 Å². The maximum Gasteiger partial charge on any atom is 0.223 e. The Morgan fingerprint density at radius 2 is 2.11 bits per heavy atom. The van der Waals surface area contributed by atoms with Crippen LogP contribution in [-0.4, -0.2) is 12.5 Å². The van der Waals surface area contributed by atoms with E-state index in [1.165, 1.54) is 16.8 Å². The van der Waals surface area contributed by atoms with Crippen molar-refractivity contribution in [1.82, 2.24) is 5.32 Å². The Labute approximate surface area is 115 Å². The Balaban J connectivity index is 2.32. The second-order valence-corrected chi connectivity index (χ2v) is 6.13. The molecular formula is C16H24N2O. The molecule has 2 N–H and O–H groups in total. The fraction of sp³-hybridized carbons (Fsp3) is 0.562. The zero-order valence-corrected chi connectivity index (χ0v) is 12.3. The van der Waals surface area contributed by atoms with Gasteiger partial charge in [0.25, 0.3) is 0 Å². The first-order chi connectivity index (χ1) is 8.92. The molecule has 0 atom stereocenters. The minimum absolute atomic E-state index is 0.0111. The number of carbonyl (C=O) groups is 1. The molecule has 0 fully saturated rings. The van der Waals surface area contributed by atoms with E-state index in [2.05, 4.69) is 42.7 Å². The van der Waals surface area contributed by atoms with Crippen LogP contribution in [0.1, 0.15) is 45.2 Å². The fourth-order valence-electron chi connectivity index (χ4n) is 2.62. The summed E-state index contributed by atoms with van der Waals surface area (Å²) in [5.74, 6) is 0.114. The molecule has 0 aromatic heterocycles. The molecule has 2 rings (SSSR count). The van der Waals surface area contributed by atoms with Crippen LogP contribution in [0.3, 0.4) is 0 Å². The lowest BCUT2D eigenvalue weighted by atomic mass is 9.85. The van der Waals surface area contributed by atoms with E-state index in [1.807, 2.05) is 13.8 Å². The molecule has 1 aliphatic heterocycles. The van der Waals surface area contributed by atoms with Crippen molar-refractivity contribution < 1.29 is 4.79 Å². The molecule has 1 amide bonds. The van der Waals surface area contributed by atoms with Crippen molar-refractivity contribution in [3.8, 4) is 0 Å². The molecule has 1 aliphatic rings. The van der Waals surface area contributed by atoms with Crippen molar-refractivity contribution in [2.24, 2.45) is 5.92 Å². The molecule has 0 saturated heterocycles. The maximum atomic E-state index is 12.0. The minimum Gasteiger partial charge on any atom is -0.385 e. The number of nitrogens with one attached hydrogen (secondary N) is 2. The zero-order valence-electron chi connectivity index (χ0n) is 12.3. The summed E-state index contributed by atoms with van der Waals surface area (Å²) >= 11 is 0. The van der Waals surface area contributed by atoms with E-state index in [-0.39, 0.29) is 17.4 Å². The van der Waals surface area contributed by atoms with Crippen molar-refractivity contribution in [3.05, 3.63) is 29.3 Å². The van der Waals surface area contributed by atoms with Gasteiger partial charge in [-0.15, -0.1) is 0 Å². The highest BCUT2D eigenvalue weighted by atomic mass is 16.2. The van der Waals surface area contributed by atoms with Crippen LogP contribution in [0, 0.1) is 5.92 Å². The molecule has 3 heteroatoms.